The molecule has 0 atom stereocenters. The zero-order valence-corrected chi connectivity index (χ0v) is 15.5. The van der Waals surface area contributed by atoms with Gasteiger partial charge in [-0.2, -0.15) is 16.3 Å². The number of thiazole rings is 1. The van der Waals surface area contributed by atoms with Crippen LogP contribution >= 0.6 is 34.0 Å². The summed E-state index contributed by atoms with van der Waals surface area (Å²) in [6, 6.07) is 5.99. The first-order valence-electron chi connectivity index (χ1n) is 7.65. The van der Waals surface area contributed by atoms with Gasteiger partial charge in [0.25, 0.3) is 0 Å². The van der Waals surface area contributed by atoms with Crippen LogP contribution in [0.2, 0.25) is 0 Å². The summed E-state index contributed by atoms with van der Waals surface area (Å²) in [7, 11) is 0. The molecule has 1 amide bonds. The summed E-state index contributed by atoms with van der Waals surface area (Å²) in [5.41, 5.74) is 2.10. The summed E-state index contributed by atoms with van der Waals surface area (Å²) in [5, 5.41) is 15.5. The fraction of sp³-hybridized carbons (Fsp3) is 0.118. The monoisotopic (exact) mass is 386 g/mol. The maximum atomic E-state index is 11.9. The number of hydrogen-bond acceptors (Lipinski definition) is 6. The van der Waals surface area contributed by atoms with Crippen molar-refractivity contribution in [3.8, 4) is 10.7 Å². The first-order chi connectivity index (χ1) is 12.3. The van der Waals surface area contributed by atoms with E-state index in [9.17, 15) is 4.79 Å². The third-order valence-electron chi connectivity index (χ3n) is 3.54. The molecule has 4 aromatic heterocycles. The van der Waals surface area contributed by atoms with Gasteiger partial charge in [-0.15, -0.1) is 27.8 Å². The van der Waals surface area contributed by atoms with Gasteiger partial charge in [0.15, 0.2) is 5.82 Å². The number of rotatable bonds is 6. The summed E-state index contributed by atoms with van der Waals surface area (Å²) < 4.78 is 1.87. The van der Waals surface area contributed by atoms with E-state index in [-0.39, 0.29) is 5.91 Å². The topological polar surface area (TPSA) is 59.3 Å². The summed E-state index contributed by atoms with van der Waals surface area (Å²) in [6.07, 6.45) is 4.10. The van der Waals surface area contributed by atoms with Crippen LogP contribution in [0.4, 0.5) is 0 Å². The number of thiophene rings is 2. The number of carbonyl (C=O) groups is 1. The Kier molecular flexibility index (Phi) is 4.73. The lowest BCUT2D eigenvalue weighted by molar-refractivity contribution is -0.116. The van der Waals surface area contributed by atoms with Crippen molar-refractivity contribution in [3.05, 3.63) is 57.1 Å². The average molecular weight is 387 g/mol. The SMILES string of the molecule is O=C(C=Cc1ccsc1)NCCc1csc2nc(-c3cccs3)nn12. The van der Waals surface area contributed by atoms with Crippen LogP contribution in [0.15, 0.2) is 45.8 Å². The predicted molar refractivity (Wildman–Crippen MR) is 104 cm³/mol. The maximum Gasteiger partial charge on any atom is 0.244 e. The second-order valence-electron chi connectivity index (χ2n) is 5.27. The van der Waals surface area contributed by atoms with Crippen molar-refractivity contribution >= 4 is 51.0 Å². The van der Waals surface area contributed by atoms with E-state index >= 15 is 0 Å². The van der Waals surface area contributed by atoms with Crippen LogP contribution in [0.3, 0.4) is 0 Å². The Labute approximate surface area is 156 Å². The van der Waals surface area contributed by atoms with Crippen molar-refractivity contribution < 1.29 is 4.79 Å². The molecule has 5 nitrogen and oxygen atoms in total. The van der Waals surface area contributed by atoms with Crippen molar-refractivity contribution in [1.29, 1.82) is 0 Å². The average Bonchev–Trinajstić information content (AvgIpc) is 3.37. The second kappa shape index (κ2) is 7.30. The van der Waals surface area contributed by atoms with Crippen LogP contribution in [0, 0.1) is 0 Å². The van der Waals surface area contributed by atoms with E-state index in [1.165, 1.54) is 0 Å². The van der Waals surface area contributed by atoms with Crippen molar-refractivity contribution in [2.75, 3.05) is 6.54 Å². The van der Waals surface area contributed by atoms with Gasteiger partial charge in [0.05, 0.1) is 10.6 Å². The molecule has 0 fully saturated rings. The lowest BCUT2D eigenvalue weighted by atomic mass is 10.3. The molecule has 0 aliphatic carbocycles. The second-order valence-corrected chi connectivity index (χ2v) is 7.83. The largest absolute Gasteiger partial charge is 0.352 e. The molecule has 8 heteroatoms. The number of aromatic nitrogens is 3. The normalized spacial score (nSPS) is 11.5. The fourth-order valence-corrected chi connectivity index (χ4v) is 4.46. The van der Waals surface area contributed by atoms with Crippen LogP contribution in [0.1, 0.15) is 11.3 Å². The van der Waals surface area contributed by atoms with Gasteiger partial charge in [-0.25, -0.2) is 4.52 Å². The van der Waals surface area contributed by atoms with E-state index < -0.39 is 0 Å². The fourth-order valence-electron chi connectivity index (χ4n) is 2.32. The van der Waals surface area contributed by atoms with Crippen molar-refractivity contribution in [3.63, 3.8) is 0 Å². The quantitative estimate of drug-likeness (QED) is 0.511. The Bertz CT molecular complexity index is 996. The van der Waals surface area contributed by atoms with Crippen LogP contribution in [0.25, 0.3) is 21.7 Å². The molecular weight excluding hydrogens is 372 g/mol. The molecule has 0 aliphatic rings. The summed E-state index contributed by atoms with van der Waals surface area (Å²) in [4.78, 5) is 18.4. The van der Waals surface area contributed by atoms with Crippen molar-refractivity contribution in [2.45, 2.75) is 6.42 Å². The number of nitrogens with zero attached hydrogens (tertiary/aromatic N) is 3. The highest BCUT2D eigenvalue weighted by molar-refractivity contribution is 7.15. The maximum absolute atomic E-state index is 11.9. The van der Waals surface area contributed by atoms with Gasteiger partial charge in [0, 0.05) is 24.4 Å². The number of nitrogens with one attached hydrogen (secondary N) is 1. The molecule has 1 N–H and O–H groups in total. The van der Waals surface area contributed by atoms with Crippen LogP contribution in [-0.2, 0) is 11.2 Å². The van der Waals surface area contributed by atoms with E-state index in [1.807, 2.05) is 50.3 Å². The molecule has 25 heavy (non-hydrogen) atoms. The molecule has 0 saturated carbocycles. The summed E-state index contributed by atoms with van der Waals surface area (Å²) in [6.45, 7) is 0.562. The first-order valence-corrected chi connectivity index (χ1v) is 10.3. The van der Waals surface area contributed by atoms with Crippen LogP contribution in [-0.4, -0.2) is 27.0 Å². The summed E-state index contributed by atoms with van der Waals surface area (Å²) >= 11 is 4.81. The number of amides is 1. The molecule has 4 heterocycles. The van der Waals surface area contributed by atoms with Crippen LogP contribution < -0.4 is 5.32 Å². The van der Waals surface area contributed by atoms with Gasteiger partial charge in [0.2, 0.25) is 10.9 Å². The van der Waals surface area contributed by atoms with Crippen molar-refractivity contribution in [1.82, 2.24) is 19.9 Å². The molecule has 0 bridgehead atoms. The highest BCUT2D eigenvalue weighted by Gasteiger charge is 2.12. The van der Waals surface area contributed by atoms with Gasteiger partial charge in [0.1, 0.15) is 0 Å². The smallest absolute Gasteiger partial charge is 0.244 e. The van der Waals surface area contributed by atoms with Crippen molar-refractivity contribution in [2.24, 2.45) is 0 Å². The Balaban J connectivity index is 1.37. The zero-order valence-electron chi connectivity index (χ0n) is 13.1. The molecule has 0 spiro atoms. The van der Waals surface area contributed by atoms with E-state index in [1.54, 1.807) is 40.1 Å². The third-order valence-corrected chi connectivity index (χ3v) is 5.97. The minimum atomic E-state index is -0.0875. The Hall–Kier alpha value is -2.29. The highest BCUT2D eigenvalue weighted by atomic mass is 32.1. The minimum Gasteiger partial charge on any atom is -0.352 e. The van der Waals surface area contributed by atoms with Gasteiger partial charge in [-0.3, -0.25) is 4.79 Å². The zero-order chi connectivity index (χ0) is 17.1. The van der Waals surface area contributed by atoms with E-state index in [4.69, 9.17) is 0 Å². The van der Waals surface area contributed by atoms with Gasteiger partial charge in [-0.1, -0.05) is 6.07 Å². The third kappa shape index (κ3) is 3.71. The Morgan fingerprint density at radius 1 is 1.24 bits per heavy atom. The lowest BCUT2D eigenvalue weighted by Crippen LogP contribution is -2.23. The van der Waals surface area contributed by atoms with Gasteiger partial charge < -0.3 is 5.32 Å². The van der Waals surface area contributed by atoms with E-state index in [2.05, 4.69) is 15.4 Å². The highest BCUT2D eigenvalue weighted by Crippen LogP contribution is 2.24. The van der Waals surface area contributed by atoms with Gasteiger partial charge in [-0.05, 0) is 39.9 Å². The molecule has 4 rings (SSSR count). The number of fused-ring (bicyclic) bond motifs is 1. The lowest BCUT2D eigenvalue weighted by Gasteiger charge is -2.01. The van der Waals surface area contributed by atoms with E-state index in [0.717, 1.165) is 26.9 Å². The molecule has 0 radical (unpaired) electrons. The Morgan fingerprint density at radius 3 is 3.00 bits per heavy atom. The molecule has 126 valence electrons. The summed E-state index contributed by atoms with van der Waals surface area (Å²) in [5.74, 6) is 0.668. The van der Waals surface area contributed by atoms with Crippen LogP contribution in [0.5, 0.6) is 0 Å². The molecule has 0 unspecified atom stereocenters. The predicted octanol–water partition coefficient (Wildman–Crippen LogP) is 3.95. The first kappa shape index (κ1) is 16.2. The molecule has 0 aliphatic heterocycles. The molecular formula is C17H14N4OS3. The van der Waals surface area contributed by atoms with E-state index in [0.29, 0.717) is 13.0 Å². The Morgan fingerprint density at radius 2 is 2.20 bits per heavy atom. The number of hydrogen-bond donors (Lipinski definition) is 1. The van der Waals surface area contributed by atoms with Gasteiger partial charge >= 0.3 is 0 Å². The number of carbonyl (C=O) groups excluding carboxylic acids is 1. The minimum absolute atomic E-state index is 0.0875. The molecule has 0 saturated heterocycles. The molecule has 4 aromatic rings. The standard InChI is InChI=1S/C17H14N4OS3/c22-15(4-3-12-6-9-23-10-12)18-7-5-13-11-25-17-19-16(20-21(13)17)14-2-1-8-24-14/h1-4,6,8-11H,5,7H2,(H,18,22). The molecule has 0 aromatic carbocycles.